The Labute approximate surface area is 92.3 Å². The number of sulfonamides is 1. The van der Waals surface area contributed by atoms with Gasteiger partial charge in [0.2, 0.25) is 10.0 Å². The van der Waals surface area contributed by atoms with Crippen molar-refractivity contribution >= 4 is 10.0 Å². The number of piperazine rings is 1. The van der Waals surface area contributed by atoms with Crippen molar-refractivity contribution < 1.29 is 8.42 Å². The van der Waals surface area contributed by atoms with Gasteiger partial charge in [0.05, 0.1) is 5.75 Å². The molecular weight excluding hydrogens is 214 g/mol. The quantitative estimate of drug-likeness (QED) is 0.656. The Morgan fingerprint density at radius 2 is 1.93 bits per heavy atom. The molecule has 5 nitrogen and oxygen atoms in total. The molecule has 0 aromatic heterocycles. The van der Waals surface area contributed by atoms with Crippen LogP contribution in [0.3, 0.4) is 0 Å². The highest BCUT2D eigenvalue weighted by Crippen LogP contribution is 1.95. The molecule has 1 aliphatic heterocycles. The zero-order valence-electron chi connectivity index (χ0n) is 9.49. The van der Waals surface area contributed by atoms with Crippen LogP contribution in [-0.4, -0.2) is 57.8 Å². The van der Waals surface area contributed by atoms with Crippen molar-refractivity contribution in [2.75, 3.05) is 38.5 Å². The molecule has 0 spiro atoms. The van der Waals surface area contributed by atoms with E-state index in [2.05, 4.69) is 14.9 Å². The van der Waals surface area contributed by atoms with Gasteiger partial charge in [0.15, 0.2) is 0 Å². The molecule has 0 atom stereocenters. The second-order valence-corrected chi connectivity index (χ2v) is 6.06. The summed E-state index contributed by atoms with van der Waals surface area (Å²) in [4.78, 5) is 2.18. The highest BCUT2D eigenvalue weighted by atomic mass is 32.2. The highest BCUT2D eigenvalue weighted by Gasteiger charge is 2.15. The summed E-state index contributed by atoms with van der Waals surface area (Å²) < 4.78 is 25.6. The molecule has 0 radical (unpaired) electrons. The summed E-state index contributed by atoms with van der Waals surface area (Å²) in [5.74, 6) is 0.200. The van der Waals surface area contributed by atoms with E-state index in [0.717, 1.165) is 26.2 Å². The van der Waals surface area contributed by atoms with Gasteiger partial charge >= 0.3 is 0 Å². The molecule has 0 amide bonds. The van der Waals surface area contributed by atoms with E-state index in [4.69, 9.17) is 0 Å². The molecule has 0 aromatic carbocycles. The first-order chi connectivity index (χ1) is 6.99. The largest absolute Gasteiger partial charge is 0.314 e. The number of hydrogen-bond acceptors (Lipinski definition) is 4. The third-order valence-corrected chi connectivity index (χ3v) is 3.85. The van der Waals surface area contributed by atoms with Gasteiger partial charge in [-0.1, -0.05) is 0 Å². The molecule has 2 N–H and O–H groups in total. The lowest BCUT2D eigenvalue weighted by molar-refractivity contribution is 0.253. The topological polar surface area (TPSA) is 61.4 Å². The van der Waals surface area contributed by atoms with Crippen LogP contribution in [0.5, 0.6) is 0 Å². The minimum atomic E-state index is -3.09. The minimum Gasteiger partial charge on any atom is -0.314 e. The molecule has 1 aliphatic rings. The number of nitrogens with zero attached hydrogens (tertiary/aromatic N) is 1. The van der Waals surface area contributed by atoms with Gasteiger partial charge in [0.1, 0.15) is 0 Å². The van der Waals surface area contributed by atoms with E-state index in [9.17, 15) is 8.42 Å². The molecule has 1 fully saturated rings. The third-order valence-electron chi connectivity index (χ3n) is 2.30. The van der Waals surface area contributed by atoms with Gasteiger partial charge < -0.3 is 5.32 Å². The van der Waals surface area contributed by atoms with Gasteiger partial charge in [0, 0.05) is 38.8 Å². The van der Waals surface area contributed by atoms with Crippen molar-refractivity contribution in [2.24, 2.45) is 0 Å². The lowest BCUT2D eigenvalue weighted by Gasteiger charge is -2.27. The van der Waals surface area contributed by atoms with Crippen molar-refractivity contribution in [3.05, 3.63) is 0 Å². The van der Waals surface area contributed by atoms with Gasteiger partial charge in [-0.05, 0) is 13.8 Å². The Morgan fingerprint density at radius 3 is 2.47 bits per heavy atom. The third kappa shape index (κ3) is 5.46. The van der Waals surface area contributed by atoms with Crippen molar-refractivity contribution in [3.8, 4) is 0 Å². The van der Waals surface area contributed by atoms with Crippen molar-refractivity contribution in [1.29, 1.82) is 0 Å². The van der Waals surface area contributed by atoms with E-state index in [1.807, 2.05) is 13.8 Å². The Balaban J connectivity index is 2.28. The molecule has 0 aromatic rings. The summed E-state index contributed by atoms with van der Waals surface area (Å²) in [6.45, 7) is 8.10. The fourth-order valence-electron chi connectivity index (χ4n) is 1.60. The van der Waals surface area contributed by atoms with Crippen LogP contribution in [0.1, 0.15) is 13.8 Å². The summed E-state index contributed by atoms with van der Waals surface area (Å²) in [7, 11) is -3.09. The van der Waals surface area contributed by atoms with Crippen molar-refractivity contribution in [1.82, 2.24) is 14.9 Å². The average Bonchev–Trinajstić information content (AvgIpc) is 2.15. The lowest BCUT2D eigenvalue weighted by atomic mass is 10.4. The Hall–Kier alpha value is -0.170. The smallest absolute Gasteiger partial charge is 0.213 e. The normalized spacial score (nSPS) is 19.7. The van der Waals surface area contributed by atoms with Crippen molar-refractivity contribution in [2.45, 2.75) is 19.9 Å². The summed E-state index contributed by atoms with van der Waals surface area (Å²) >= 11 is 0. The Morgan fingerprint density at radius 1 is 1.33 bits per heavy atom. The van der Waals surface area contributed by atoms with Gasteiger partial charge in [-0.3, -0.25) is 4.90 Å². The van der Waals surface area contributed by atoms with E-state index >= 15 is 0 Å². The molecule has 1 rings (SSSR count). The highest BCUT2D eigenvalue weighted by molar-refractivity contribution is 7.89. The first kappa shape index (κ1) is 12.9. The first-order valence-electron chi connectivity index (χ1n) is 5.43. The zero-order valence-corrected chi connectivity index (χ0v) is 10.3. The first-order valence-corrected chi connectivity index (χ1v) is 7.08. The summed E-state index contributed by atoms with van der Waals surface area (Å²) in [5.41, 5.74) is 0. The summed E-state index contributed by atoms with van der Waals surface area (Å²) in [5, 5.41) is 3.24. The second-order valence-electron chi connectivity index (χ2n) is 4.18. The molecule has 90 valence electrons. The Kier molecular flexibility index (Phi) is 4.98. The number of nitrogens with one attached hydrogen (secondary N) is 2. The van der Waals surface area contributed by atoms with Crippen LogP contribution in [0.2, 0.25) is 0 Å². The maximum Gasteiger partial charge on any atom is 0.213 e. The molecular formula is C9H21N3O2S. The molecule has 0 unspecified atom stereocenters. The van der Waals surface area contributed by atoms with E-state index < -0.39 is 10.0 Å². The van der Waals surface area contributed by atoms with Gasteiger partial charge in [0.25, 0.3) is 0 Å². The monoisotopic (exact) mass is 235 g/mol. The molecule has 0 aliphatic carbocycles. The van der Waals surface area contributed by atoms with Gasteiger partial charge in [-0.2, -0.15) is 0 Å². The molecule has 6 heteroatoms. The SMILES string of the molecule is CC(C)NS(=O)(=O)CCN1CCNCC1. The van der Waals surface area contributed by atoms with Gasteiger partial charge in [-0.25, -0.2) is 13.1 Å². The van der Waals surface area contributed by atoms with E-state index in [0.29, 0.717) is 6.54 Å². The maximum absolute atomic E-state index is 11.5. The van der Waals surface area contributed by atoms with Crippen LogP contribution in [0.4, 0.5) is 0 Å². The van der Waals surface area contributed by atoms with Crippen LogP contribution in [0.15, 0.2) is 0 Å². The number of hydrogen-bond donors (Lipinski definition) is 2. The van der Waals surface area contributed by atoms with Crippen LogP contribution in [0.25, 0.3) is 0 Å². The summed E-state index contributed by atoms with van der Waals surface area (Å²) in [6.07, 6.45) is 0. The van der Waals surface area contributed by atoms with Gasteiger partial charge in [-0.15, -0.1) is 0 Å². The predicted molar refractivity (Wildman–Crippen MR) is 61.4 cm³/mol. The van der Waals surface area contributed by atoms with Crippen LogP contribution >= 0.6 is 0 Å². The molecule has 15 heavy (non-hydrogen) atoms. The molecule has 1 heterocycles. The predicted octanol–water partition coefficient (Wildman–Crippen LogP) is -0.781. The van der Waals surface area contributed by atoms with Crippen molar-refractivity contribution in [3.63, 3.8) is 0 Å². The number of rotatable bonds is 5. The van der Waals surface area contributed by atoms with E-state index in [1.165, 1.54) is 0 Å². The fourth-order valence-corrected chi connectivity index (χ4v) is 2.94. The van der Waals surface area contributed by atoms with Crippen LogP contribution in [0, 0.1) is 0 Å². The molecule has 1 saturated heterocycles. The summed E-state index contributed by atoms with van der Waals surface area (Å²) in [6, 6.07) is -0.0157. The lowest BCUT2D eigenvalue weighted by Crippen LogP contribution is -2.46. The maximum atomic E-state index is 11.5. The fraction of sp³-hybridized carbons (Fsp3) is 1.00. The Bertz CT molecular complexity index is 271. The molecule has 0 saturated carbocycles. The second kappa shape index (κ2) is 5.79. The molecule has 0 bridgehead atoms. The van der Waals surface area contributed by atoms with E-state index in [-0.39, 0.29) is 11.8 Å². The average molecular weight is 235 g/mol. The zero-order chi connectivity index (χ0) is 11.3. The van der Waals surface area contributed by atoms with E-state index in [1.54, 1.807) is 0 Å². The standard InChI is InChI=1S/C9H21N3O2S/c1-9(2)11-15(13,14)8-7-12-5-3-10-4-6-12/h9-11H,3-8H2,1-2H3. The van der Waals surface area contributed by atoms with Crippen LogP contribution in [-0.2, 0) is 10.0 Å². The van der Waals surface area contributed by atoms with Crippen LogP contribution < -0.4 is 10.0 Å². The minimum absolute atomic E-state index is 0.0157.